The zero-order valence-electron chi connectivity index (χ0n) is 11.5. The molecule has 1 aliphatic heterocycles. The Bertz CT molecular complexity index is 506. The van der Waals surface area contributed by atoms with Crippen LogP contribution in [0.3, 0.4) is 0 Å². The van der Waals surface area contributed by atoms with Crippen LogP contribution in [-0.4, -0.2) is 48.2 Å². The third kappa shape index (κ3) is 2.87. The van der Waals surface area contributed by atoms with E-state index in [1.54, 1.807) is 6.92 Å². The van der Waals surface area contributed by atoms with Crippen LogP contribution in [0.4, 0.5) is 5.82 Å². The minimum Gasteiger partial charge on any atom is -0.464 e. The van der Waals surface area contributed by atoms with Gasteiger partial charge in [-0.2, -0.15) is 0 Å². The first-order chi connectivity index (χ1) is 9.67. The maximum absolute atomic E-state index is 11.9. The highest BCUT2D eigenvalue weighted by Gasteiger charge is 2.33. The minimum absolute atomic E-state index is 0.125. The summed E-state index contributed by atoms with van der Waals surface area (Å²) < 4.78 is 9.67. The van der Waals surface area contributed by atoms with Crippen molar-refractivity contribution >= 4 is 17.8 Å². The summed E-state index contributed by atoms with van der Waals surface area (Å²) in [6, 6.07) is -0.364. The van der Waals surface area contributed by atoms with E-state index in [2.05, 4.69) is 14.7 Å². The smallest absolute Gasteiger partial charge is 0.358 e. The second kappa shape index (κ2) is 6.31. The summed E-state index contributed by atoms with van der Waals surface area (Å²) >= 11 is 0. The Hall–Kier alpha value is -2.18. The zero-order chi connectivity index (χ0) is 14.5. The van der Waals surface area contributed by atoms with Crippen LogP contribution in [0.25, 0.3) is 0 Å². The monoisotopic (exact) mass is 279 g/mol. The molecular formula is C13H17N3O4. The van der Waals surface area contributed by atoms with Crippen molar-refractivity contribution in [1.29, 1.82) is 0 Å². The van der Waals surface area contributed by atoms with Gasteiger partial charge in [-0.15, -0.1) is 0 Å². The molecule has 1 atom stereocenters. The van der Waals surface area contributed by atoms with Crippen molar-refractivity contribution in [1.82, 2.24) is 9.97 Å². The first kappa shape index (κ1) is 14.2. The highest BCUT2D eigenvalue weighted by molar-refractivity contribution is 5.87. The molecule has 1 aliphatic rings. The largest absolute Gasteiger partial charge is 0.464 e. The SMILES string of the molecule is CCOC(=O)C1CCCN1c1cncc(C(=O)OC)n1. The molecule has 2 rings (SSSR count). The molecule has 1 aromatic rings. The standard InChI is InChI=1S/C13H17N3O4/c1-3-20-13(18)10-5-4-6-16(10)11-8-14-7-9(15-11)12(17)19-2/h7-8,10H,3-6H2,1-2H3. The number of esters is 2. The number of methoxy groups -OCH3 is 1. The molecule has 0 amide bonds. The Morgan fingerprint density at radius 3 is 2.95 bits per heavy atom. The third-order valence-electron chi connectivity index (χ3n) is 3.12. The molecule has 0 N–H and O–H groups in total. The predicted molar refractivity (Wildman–Crippen MR) is 70.4 cm³/mol. The number of rotatable bonds is 4. The highest BCUT2D eigenvalue weighted by Crippen LogP contribution is 2.24. The van der Waals surface area contributed by atoms with Gasteiger partial charge in [-0.1, -0.05) is 0 Å². The van der Waals surface area contributed by atoms with Crippen molar-refractivity contribution in [2.45, 2.75) is 25.8 Å². The summed E-state index contributed by atoms with van der Waals surface area (Å²) in [5.41, 5.74) is 0.125. The van der Waals surface area contributed by atoms with Gasteiger partial charge in [0.2, 0.25) is 0 Å². The summed E-state index contributed by atoms with van der Waals surface area (Å²) in [7, 11) is 1.29. The van der Waals surface area contributed by atoms with E-state index >= 15 is 0 Å². The highest BCUT2D eigenvalue weighted by atomic mass is 16.5. The molecule has 0 spiro atoms. The summed E-state index contributed by atoms with van der Waals surface area (Å²) in [6.45, 7) is 2.80. The van der Waals surface area contributed by atoms with Gasteiger partial charge in [0.1, 0.15) is 11.9 Å². The molecule has 7 nitrogen and oxygen atoms in total. The van der Waals surface area contributed by atoms with E-state index in [9.17, 15) is 9.59 Å². The molecule has 108 valence electrons. The number of anilines is 1. The first-order valence-corrected chi connectivity index (χ1v) is 6.51. The van der Waals surface area contributed by atoms with Gasteiger partial charge >= 0.3 is 11.9 Å². The van der Waals surface area contributed by atoms with E-state index in [1.807, 2.05) is 4.90 Å². The topological polar surface area (TPSA) is 81.6 Å². The van der Waals surface area contributed by atoms with Gasteiger partial charge in [0.15, 0.2) is 5.69 Å². The predicted octanol–water partition coefficient (Wildman–Crippen LogP) is 0.795. The number of aromatic nitrogens is 2. The lowest BCUT2D eigenvalue weighted by Crippen LogP contribution is -2.38. The number of carbonyl (C=O) groups is 2. The molecule has 20 heavy (non-hydrogen) atoms. The average Bonchev–Trinajstić information content (AvgIpc) is 2.96. The third-order valence-corrected chi connectivity index (χ3v) is 3.12. The molecule has 0 saturated carbocycles. The van der Waals surface area contributed by atoms with Crippen LogP contribution in [0, 0.1) is 0 Å². The lowest BCUT2D eigenvalue weighted by molar-refractivity contribution is -0.144. The lowest BCUT2D eigenvalue weighted by atomic mass is 10.2. The molecule has 0 bridgehead atoms. The van der Waals surface area contributed by atoms with E-state index in [-0.39, 0.29) is 17.7 Å². The van der Waals surface area contributed by atoms with E-state index in [1.165, 1.54) is 19.5 Å². The van der Waals surface area contributed by atoms with E-state index in [0.717, 1.165) is 6.42 Å². The van der Waals surface area contributed by atoms with Gasteiger partial charge in [0.05, 0.1) is 26.1 Å². The Morgan fingerprint density at radius 2 is 2.25 bits per heavy atom. The molecule has 2 heterocycles. The lowest BCUT2D eigenvalue weighted by Gasteiger charge is -2.23. The second-order valence-electron chi connectivity index (χ2n) is 4.36. The molecule has 1 saturated heterocycles. The van der Waals surface area contributed by atoms with Crippen molar-refractivity contribution in [3.63, 3.8) is 0 Å². The second-order valence-corrected chi connectivity index (χ2v) is 4.36. The van der Waals surface area contributed by atoms with E-state index < -0.39 is 5.97 Å². The van der Waals surface area contributed by atoms with Crippen molar-refractivity contribution in [3.05, 3.63) is 18.1 Å². The fourth-order valence-corrected chi connectivity index (χ4v) is 2.22. The maximum atomic E-state index is 11.9. The first-order valence-electron chi connectivity index (χ1n) is 6.51. The summed E-state index contributed by atoms with van der Waals surface area (Å²) in [5, 5.41) is 0. The summed E-state index contributed by atoms with van der Waals surface area (Å²) in [4.78, 5) is 33.4. The zero-order valence-corrected chi connectivity index (χ0v) is 11.5. The number of nitrogens with zero attached hydrogens (tertiary/aromatic N) is 3. The number of ether oxygens (including phenoxy) is 2. The molecule has 1 unspecified atom stereocenters. The van der Waals surface area contributed by atoms with Gasteiger partial charge in [0, 0.05) is 6.54 Å². The fraction of sp³-hybridized carbons (Fsp3) is 0.538. The van der Waals surface area contributed by atoms with Gasteiger partial charge in [-0.3, -0.25) is 4.98 Å². The van der Waals surface area contributed by atoms with Crippen LogP contribution in [-0.2, 0) is 14.3 Å². The summed E-state index contributed by atoms with van der Waals surface area (Å²) in [6.07, 6.45) is 4.45. The van der Waals surface area contributed by atoms with E-state index in [4.69, 9.17) is 4.74 Å². The quantitative estimate of drug-likeness (QED) is 0.754. The van der Waals surface area contributed by atoms with Crippen molar-refractivity contribution in [2.24, 2.45) is 0 Å². The molecule has 1 fully saturated rings. The number of carbonyl (C=O) groups excluding carboxylic acids is 2. The van der Waals surface area contributed by atoms with E-state index in [0.29, 0.717) is 25.4 Å². The van der Waals surface area contributed by atoms with Crippen LogP contribution in [0.2, 0.25) is 0 Å². The Balaban J connectivity index is 2.21. The van der Waals surface area contributed by atoms with Gasteiger partial charge < -0.3 is 14.4 Å². The maximum Gasteiger partial charge on any atom is 0.358 e. The van der Waals surface area contributed by atoms with Crippen LogP contribution >= 0.6 is 0 Å². The Morgan fingerprint density at radius 1 is 1.45 bits per heavy atom. The molecule has 1 aromatic heterocycles. The Labute approximate surface area is 116 Å². The molecule has 0 aromatic carbocycles. The number of hydrogen-bond donors (Lipinski definition) is 0. The van der Waals surface area contributed by atoms with Crippen molar-refractivity contribution in [2.75, 3.05) is 25.2 Å². The average molecular weight is 279 g/mol. The normalized spacial score (nSPS) is 17.9. The number of hydrogen-bond acceptors (Lipinski definition) is 7. The van der Waals surface area contributed by atoms with Crippen LogP contribution in [0.5, 0.6) is 0 Å². The molecule has 0 radical (unpaired) electrons. The van der Waals surface area contributed by atoms with Crippen LogP contribution < -0.4 is 4.90 Å². The summed E-state index contributed by atoms with van der Waals surface area (Å²) in [5.74, 6) is -0.329. The van der Waals surface area contributed by atoms with Gasteiger partial charge in [0.25, 0.3) is 0 Å². The van der Waals surface area contributed by atoms with Crippen LogP contribution in [0.1, 0.15) is 30.3 Å². The van der Waals surface area contributed by atoms with Crippen LogP contribution in [0.15, 0.2) is 12.4 Å². The molecular weight excluding hydrogens is 262 g/mol. The van der Waals surface area contributed by atoms with Crippen molar-refractivity contribution < 1.29 is 19.1 Å². The molecule has 0 aliphatic carbocycles. The molecule has 7 heteroatoms. The van der Waals surface area contributed by atoms with Gasteiger partial charge in [-0.25, -0.2) is 14.6 Å². The fourth-order valence-electron chi connectivity index (χ4n) is 2.22. The Kier molecular flexibility index (Phi) is 4.49. The van der Waals surface area contributed by atoms with Crippen molar-refractivity contribution in [3.8, 4) is 0 Å². The van der Waals surface area contributed by atoms with Gasteiger partial charge in [-0.05, 0) is 19.8 Å². The minimum atomic E-state index is -0.550.